The second-order valence-corrected chi connectivity index (χ2v) is 19.7. The van der Waals surface area contributed by atoms with Crippen molar-refractivity contribution in [2.75, 3.05) is 14.2 Å². The number of ether oxygens (including phenoxy) is 3. The molecule has 2 heterocycles. The standard InChI is InChI=1S/C48H44Cl4IN5O13/c1-48(2,3)71-47(68)57-36(23-15-28(49)39(60)29(50)16-23)44(65)54-35-25-19-32(53)41(62)34(20-25)70-27-12-6-21(7-13-27)14-33(42(63)56-38(46(67)69-5)22-8-10-26(59)11-9-22)58(4)45(66)37(55-43(35)64)24-17-30(51)40(61)31(52)18-24/h6-13,15-20,33,35-38,59-62H,14H2,1-5H3,(H,54,65)(H,55,64)(H,56,63)(H,57,68)/t33-,35+,36+,37-,38+/m0/s1. The predicted molar refractivity (Wildman–Crippen MR) is 269 cm³/mol. The molecule has 0 unspecified atom stereocenters. The third-order valence-electron chi connectivity index (χ3n) is 10.8. The Morgan fingerprint density at radius 3 is 1.92 bits per heavy atom. The molecular weight excluding hydrogens is 1120 g/mol. The fraction of sp³-hybridized carbons (Fsp3) is 0.250. The number of likely N-dealkylation sites (N-methyl/N-ethyl adjacent to an activating group) is 1. The summed E-state index contributed by atoms with van der Waals surface area (Å²) in [5, 5.41) is 51.2. The number of methoxy groups -OCH3 is 1. The third kappa shape index (κ3) is 12.9. The monoisotopic (exact) mass is 1170 g/mol. The first-order valence-electron chi connectivity index (χ1n) is 21.0. The van der Waals surface area contributed by atoms with Crippen molar-refractivity contribution in [1.29, 1.82) is 0 Å². The summed E-state index contributed by atoms with van der Waals surface area (Å²) in [7, 11) is 2.37. The van der Waals surface area contributed by atoms with Crippen LogP contribution >= 0.6 is 69.0 Å². The lowest BCUT2D eigenvalue weighted by atomic mass is 9.98. The number of esters is 1. The van der Waals surface area contributed by atoms with Crippen LogP contribution in [0.25, 0.3) is 0 Å². The average Bonchev–Trinajstić information content (AvgIpc) is 3.31. The van der Waals surface area contributed by atoms with Crippen LogP contribution in [-0.4, -0.2) is 86.8 Å². The number of aromatic hydroxyl groups is 4. The molecule has 0 aliphatic carbocycles. The molecule has 5 aromatic rings. The van der Waals surface area contributed by atoms with E-state index in [-0.39, 0.29) is 75.3 Å². The number of phenols is 4. The Hall–Kier alpha value is -6.39. The maximum absolute atomic E-state index is 15.2. The van der Waals surface area contributed by atoms with Crippen LogP contribution in [-0.2, 0) is 39.9 Å². The highest BCUT2D eigenvalue weighted by Gasteiger charge is 2.39. The van der Waals surface area contributed by atoms with Gasteiger partial charge in [0, 0.05) is 13.5 Å². The summed E-state index contributed by atoms with van der Waals surface area (Å²) >= 11 is 27.1. The van der Waals surface area contributed by atoms with E-state index in [1.165, 1.54) is 55.6 Å². The van der Waals surface area contributed by atoms with Gasteiger partial charge in [-0.1, -0.05) is 70.7 Å². The number of nitrogens with zero attached hydrogens (tertiary/aromatic N) is 1. The zero-order valence-corrected chi connectivity index (χ0v) is 43.2. The maximum Gasteiger partial charge on any atom is 0.408 e. The lowest BCUT2D eigenvalue weighted by molar-refractivity contribution is -0.147. The molecule has 23 heteroatoms. The number of alkyl carbamates (subject to hydrolysis) is 1. The van der Waals surface area contributed by atoms with Crippen molar-refractivity contribution in [2.45, 2.75) is 63.0 Å². The highest BCUT2D eigenvalue weighted by Crippen LogP contribution is 2.40. The molecule has 4 bridgehead atoms. The van der Waals surface area contributed by atoms with Gasteiger partial charge in [0.1, 0.15) is 41.3 Å². The molecular formula is C48H44Cl4IN5O13. The van der Waals surface area contributed by atoms with Crippen LogP contribution in [0, 0.1) is 3.57 Å². The van der Waals surface area contributed by atoms with Gasteiger partial charge in [-0.05, 0) is 132 Å². The summed E-state index contributed by atoms with van der Waals surface area (Å²) in [5.74, 6) is -6.55. The van der Waals surface area contributed by atoms with E-state index in [1.807, 2.05) is 0 Å². The van der Waals surface area contributed by atoms with E-state index in [9.17, 15) is 39.6 Å². The van der Waals surface area contributed by atoms with Crippen LogP contribution in [0.4, 0.5) is 4.79 Å². The molecule has 71 heavy (non-hydrogen) atoms. The Kier molecular flexibility index (Phi) is 17.0. The van der Waals surface area contributed by atoms with E-state index in [2.05, 4.69) is 21.3 Å². The topological polar surface area (TPSA) is 262 Å². The average molecular weight is 1170 g/mol. The number of benzene rings is 5. The lowest BCUT2D eigenvalue weighted by Crippen LogP contribution is -2.54. The summed E-state index contributed by atoms with van der Waals surface area (Å²) in [5.41, 5.74) is -0.593. The molecule has 8 N–H and O–H groups in total. The molecule has 0 spiro atoms. The molecule has 0 aromatic heterocycles. The minimum absolute atomic E-state index is 0.0452. The number of fused-ring (bicyclic) bond motifs is 9. The molecule has 5 aromatic carbocycles. The fourth-order valence-electron chi connectivity index (χ4n) is 7.21. The van der Waals surface area contributed by atoms with Crippen LogP contribution in [0.1, 0.15) is 72.8 Å². The van der Waals surface area contributed by atoms with Crippen LogP contribution < -0.4 is 26.0 Å². The van der Waals surface area contributed by atoms with E-state index >= 15 is 9.59 Å². The second kappa shape index (κ2) is 22.4. The van der Waals surface area contributed by atoms with Crippen molar-refractivity contribution < 1.29 is 63.4 Å². The Bertz CT molecular complexity index is 2860. The minimum atomic E-state index is -1.85. The van der Waals surface area contributed by atoms with Gasteiger partial charge in [0.25, 0.3) is 0 Å². The third-order valence-corrected chi connectivity index (χ3v) is 12.8. The first-order valence-corrected chi connectivity index (χ1v) is 23.6. The molecule has 0 radical (unpaired) electrons. The number of nitrogens with one attached hydrogen (secondary N) is 4. The Balaban J connectivity index is 1.52. The number of carbonyl (C=O) groups is 6. The van der Waals surface area contributed by atoms with Crippen molar-refractivity contribution in [2.24, 2.45) is 0 Å². The van der Waals surface area contributed by atoms with Crippen molar-refractivity contribution in [3.05, 3.63) is 136 Å². The van der Waals surface area contributed by atoms with Gasteiger partial charge in [-0.15, -0.1) is 0 Å². The normalized spacial score (nSPS) is 17.0. The summed E-state index contributed by atoms with van der Waals surface area (Å²) in [6, 6.07) is 10.4. The largest absolute Gasteiger partial charge is 0.508 e. The molecule has 374 valence electrons. The van der Waals surface area contributed by atoms with E-state index in [0.29, 0.717) is 5.56 Å². The minimum Gasteiger partial charge on any atom is -0.508 e. The molecule has 18 nitrogen and oxygen atoms in total. The lowest BCUT2D eigenvalue weighted by Gasteiger charge is -2.33. The summed E-state index contributed by atoms with van der Waals surface area (Å²) < 4.78 is 16.7. The highest BCUT2D eigenvalue weighted by molar-refractivity contribution is 14.1. The molecule has 5 atom stereocenters. The van der Waals surface area contributed by atoms with E-state index in [0.717, 1.165) is 36.3 Å². The molecule has 2 aliphatic rings. The number of phenolic OH excluding ortho intramolecular Hbond substituents is 4. The van der Waals surface area contributed by atoms with Gasteiger partial charge < -0.3 is 60.8 Å². The Labute approximate surface area is 439 Å². The van der Waals surface area contributed by atoms with Gasteiger partial charge in [-0.25, -0.2) is 9.59 Å². The van der Waals surface area contributed by atoms with Crippen LogP contribution in [0.15, 0.2) is 84.9 Å². The van der Waals surface area contributed by atoms with Gasteiger partial charge >= 0.3 is 12.1 Å². The van der Waals surface area contributed by atoms with Crippen molar-refractivity contribution >= 4 is 105 Å². The van der Waals surface area contributed by atoms with Crippen LogP contribution in [0.5, 0.6) is 34.5 Å². The zero-order chi connectivity index (χ0) is 52.2. The van der Waals surface area contributed by atoms with Crippen molar-refractivity contribution in [3.8, 4) is 34.5 Å². The molecule has 2 aliphatic heterocycles. The first-order chi connectivity index (χ1) is 33.3. The Morgan fingerprint density at radius 1 is 0.775 bits per heavy atom. The number of halogens is 5. The van der Waals surface area contributed by atoms with Gasteiger partial charge in [-0.3, -0.25) is 19.2 Å². The second-order valence-electron chi connectivity index (χ2n) is 16.9. The number of hydrogen-bond acceptors (Lipinski definition) is 13. The van der Waals surface area contributed by atoms with Crippen LogP contribution in [0.2, 0.25) is 20.1 Å². The fourth-order valence-corrected chi connectivity index (χ4v) is 8.85. The summed E-state index contributed by atoms with van der Waals surface area (Å²) in [4.78, 5) is 87.1. The van der Waals surface area contributed by atoms with Gasteiger partial charge in [0.15, 0.2) is 29.0 Å². The summed E-state index contributed by atoms with van der Waals surface area (Å²) in [6.07, 6.45) is -1.31. The zero-order valence-electron chi connectivity index (χ0n) is 38.0. The van der Waals surface area contributed by atoms with Crippen molar-refractivity contribution in [3.63, 3.8) is 0 Å². The SMILES string of the molecule is COC(=O)[C@H](NC(=O)[C@@H]1Cc2ccc(cc2)Oc2cc(cc(I)c2O)[C@@H](NC(=O)[C@H](NC(=O)OC(C)(C)C)c2cc(Cl)c(O)c(Cl)c2)C(=O)N[C@@H](c2cc(Cl)c(O)c(Cl)c2)C(=O)N1C)c1ccc(O)cc1. The summed E-state index contributed by atoms with van der Waals surface area (Å²) in [6.45, 7) is 4.73. The van der Waals surface area contributed by atoms with Crippen molar-refractivity contribution in [1.82, 2.24) is 26.2 Å². The number of rotatable bonds is 9. The number of carbonyl (C=O) groups excluding carboxylic acids is 6. The van der Waals surface area contributed by atoms with Gasteiger partial charge in [0.05, 0.1) is 30.8 Å². The van der Waals surface area contributed by atoms with E-state index in [1.54, 1.807) is 55.5 Å². The molecule has 0 saturated heterocycles. The molecule has 0 saturated carbocycles. The Morgan fingerprint density at radius 2 is 1.35 bits per heavy atom. The van der Waals surface area contributed by atoms with Gasteiger partial charge in [-0.2, -0.15) is 0 Å². The maximum atomic E-state index is 15.2. The molecule has 7 rings (SSSR count). The van der Waals surface area contributed by atoms with E-state index in [4.69, 9.17) is 60.6 Å². The first kappa shape index (κ1) is 54.0. The highest BCUT2D eigenvalue weighted by atomic mass is 127. The number of hydrogen-bond donors (Lipinski definition) is 8. The molecule has 0 fully saturated rings. The van der Waals surface area contributed by atoms with Gasteiger partial charge in [0.2, 0.25) is 23.6 Å². The van der Waals surface area contributed by atoms with Crippen LogP contribution in [0.3, 0.4) is 0 Å². The number of amides is 5. The predicted octanol–water partition coefficient (Wildman–Crippen LogP) is 8.21. The molecule has 5 amide bonds. The smallest absolute Gasteiger partial charge is 0.408 e. The van der Waals surface area contributed by atoms with E-state index < -0.39 is 83.0 Å². The quantitative estimate of drug-likeness (QED) is 0.0512.